The van der Waals surface area contributed by atoms with E-state index in [1.54, 1.807) is 30.3 Å². The number of aliphatic carboxylic acids is 1. The molecular formula is C31H41NO5. The molecule has 0 heterocycles. The Morgan fingerprint density at radius 3 is 2.05 bits per heavy atom. The summed E-state index contributed by atoms with van der Waals surface area (Å²) in [6.07, 6.45) is 0.735. The number of nitrogens with zero attached hydrogens (tertiary/aromatic N) is 1. The number of benzene rings is 3. The Morgan fingerprint density at radius 2 is 1.49 bits per heavy atom. The van der Waals surface area contributed by atoms with Gasteiger partial charge in [0.2, 0.25) is 0 Å². The summed E-state index contributed by atoms with van der Waals surface area (Å²) in [5.74, 6) is 1.16. The molecule has 37 heavy (non-hydrogen) atoms. The third-order valence-electron chi connectivity index (χ3n) is 5.84. The summed E-state index contributed by atoms with van der Waals surface area (Å²) >= 11 is 0. The molecule has 0 bridgehead atoms. The summed E-state index contributed by atoms with van der Waals surface area (Å²) < 4.78 is 11.3. The van der Waals surface area contributed by atoms with Crippen molar-refractivity contribution in [3.8, 4) is 11.5 Å². The molecule has 0 amide bonds. The van der Waals surface area contributed by atoms with Gasteiger partial charge in [0, 0.05) is 0 Å². The minimum atomic E-state index is -1.41. The molecule has 3 aromatic rings. The van der Waals surface area contributed by atoms with Crippen LogP contribution in [0.4, 0.5) is 0 Å². The van der Waals surface area contributed by atoms with Gasteiger partial charge in [-0.05, 0) is 107 Å². The van der Waals surface area contributed by atoms with Crippen LogP contribution >= 0.6 is 0 Å². The zero-order chi connectivity index (χ0) is 27.2. The van der Waals surface area contributed by atoms with Crippen molar-refractivity contribution in [2.45, 2.75) is 45.6 Å². The van der Waals surface area contributed by atoms with Gasteiger partial charge in [0.25, 0.3) is 0 Å². The molecule has 0 fully saturated rings. The Hall–Kier alpha value is -3.35. The maximum atomic E-state index is 10.2. The molecule has 0 saturated heterocycles. The van der Waals surface area contributed by atoms with Crippen molar-refractivity contribution in [1.29, 1.82) is 0 Å². The fourth-order valence-corrected chi connectivity index (χ4v) is 4.06. The first-order chi connectivity index (χ1) is 17.7. The predicted molar refractivity (Wildman–Crippen MR) is 149 cm³/mol. The highest BCUT2D eigenvalue weighted by molar-refractivity contribution is 5.73. The van der Waals surface area contributed by atoms with Gasteiger partial charge in [-0.1, -0.05) is 48.5 Å². The van der Waals surface area contributed by atoms with E-state index in [0.717, 1.165) is 30.9 Å². The Kier molecular flexibility index (Phi) is 12.7. The van der Waals surface area contributed by atoms with Crippen LogP contribution in [0, 0.1) is 6.92 Å². The molecule has 0 aliphatic carbocycles. The minimum Gasteiger partial charge on any atom is -0.494 e. The number of hydrogen-bond donors (Lipinski definition) is 2. The molecule has 0 aliphatic rings. The van der Waals surface area contributed by atoms with Crippen LogP contribution in [0.1, 0.15) is 54.5 Å². The van der Waals surface area contributed by atoms with Crippen LogP contribution in [0.5, 0.6) is 11.5 Å². The fraction of sp³-hybridized carbons (Fsp3) is 0.387. The molecule has 2 N–H and O–H groups in total. The molecule has 200 valence electrons. The van der Waals surface area contributed by atoms with Gasteiger partial charge in [-0.2, -0.15) is 0 Å². The van der Waals surface area contributed by atoms with Crippen molar-refractivity contribution in [2.24, 2.45) is 0 Å². The largest absolute Gasteiger partial charge is 0.494 e. The molecule has 6 heteroatoms. The van der Waals surface area contributed by atoms with Crippen molar-refractivity contribution < 1.29 is 24.5 Å². The van der Waals surface area contributed by atoms with Gasteiger partial charge in [0.05, 0.1) is 13.2 Å². The smallest absolute Gasteiger partial charge is 0.337 e. The van der Waals surface area contributed by atoms with E-state index in [2.05, 4.69) is 68.4 Å². The minimum absolute atomic E-state index is 0.403. The van der Waals surface area contributed by atoms with Crippen molar-refractivity contribution in [2.75, 3.05) is 33.9 Å². The first-order valence-electron chi connectivity index (χ1n) is 12.8. The van der Waals surface area contributed by atoms with Crippen molar-refractivity contribution >= 4 is 5.97 Å². The summed E-state index contributed by atoms with van der Waals surface area (Å²) in [4.78, 5) is 12.5. The predicted octanol–water partition coefficient (Wildman–Crippen LogP) is 5.88. The van der Waals surface area contributed by atoms with Crippen molar-refractivity contribution in [3.05, 3.63) is 95.1 Å². The van der Waals surface area contributed by atoms with Gasteiger partial charge in [-0.15, -0.1) is 0 Å². The first kappa shape index (κ1) is 29.9. The molecule has 0 radical (unpaired) electrons. The fourth-order valence-electron chi connectivity index (χ4n) is 4.06. The second-order valence-corrected chi connectivity index (χ2v) is 9.23. The summed E-state index contributed by atoms with van der Waals surface area (Å²) in [6.45, 7) is 8.65. The molecule has 0 saturated carbocycles. The highest BCUT2D eigenvalue weighted by atomic mass is 16.5. The normalized spacial score (nSPS) is 12.3. The molecule has 0 aromatic heterocycles. The molecular weight excluding hydrogens is 466 g/mol. The molecule has 3 aromatic carbocycles. The third-order valence-corrected chi connectivity index (χ3v) is 5.84. The number of carboxylic acid groups (broad SMARTS) is 1. The Labute approximate surface area is 221 Å². The number of carboxylic acids is 1. The SMILES string of the molecule is CCOc1ccc(C(CCN(C)C)Cc2cc(C)cc(OCC)c2)cc1.O=C(O)C(O)c1ccccc1. The van der Waals surface area contributed by atoms with Crippen molar-refractivity contribution in [3.63, 3.8) is 0 Å². The summed E-state index contributed by atoms with van der Waals surface area (Å²) in [5, 5.41) is 17.4. The number of aliphatic hydroxyl groups is 1. The van der Waals surface area contributed by atoms with Crippen LogP contribution in [0.3, 0.4) is 0 Å². The van der Waals surface area contributed by atoms with Crippen LogP contribution in [0.15, 0.2) is 72.8 Å². The second kappa shape index (κ2) is 15.7. The third kappa shape index (κ3) is 10.7. The zero-order valence-corrected chi connectivity index (χ0v) is 22.7. The topological polar surface area (TPSA) is 79.2 Å². The maximum absolute atomic E-state index is 10.2. The van der Waals surface area contributed by atoms with E-state index < -0.39 is 12.1 Å². The lowest BCUT2D eigenvalue weighted by atomic mass is 9.88. The second-order valence-electron chi connectivity index (χ2n) is 9.23. The lowest BCUT2D eigenvalue weighted by Crippen LogP contribution is -2.17. The number of aryl methyl sites for hydroxylation is 1. The van der Waals surface area contributed by atoms with Crippen LogP contribution < -0.4 is 9.47 Å². The van der Waals surface area contributed by atoms with Crippen LogP contribution in [0.2, 0.25) is 0 Å². The molecule has 0 aliphatic heterocycles. The van der Waals surface area contributed by atoms with Gasteiger partial charge in [-0.25, -0.2) is 4.79 Å². The summed E-state index contributed by atoms with van der Waals surface area (Å²) in [7, 11) is 4.27. The van der Waals surface area contributed by atoms with Gasteiger partial charge in [-0.3, -0.25) is 0 Å². The number of hydrogen-bond acceptors (Lipinski definition) is 5. The van der Waals surface area contributed by atoms with Gasteiger partial charge >= 0.3 is 5.97 Å². The highest BCUT2D eigenvalue weighted by Crippen LogP contribution is 2.28. The quantitative estimate of drug-likeness (QED) is 0.319. The van der Waals surface area contributed by atoms with Gasteiger partial charge in [0.1, 0.15) is 11.5 Å². The van der Waals surface area contributed by atoms with E-state index in [1.165, 1.54) is 16.7 Å². The Morgan fingerprint density at radius 1 is 0.865 bits per heavy atom. The molecule has 6 nitrogen and oxygen atoms in total. The molecule has 3 rings (SSSR count). The number of aliphatic hydroxyl groups excluding tert-OH is 1. The lowest BCUT2D eigenvalue weighted by molar-refractivity contribution is -0.146. The van der Waals surface area contributed by atoms with Crippen LogP contribution in [-0.2, 0) is 11.2 Å². The van der Waals surface area contributed by atoms with E-state index in [0.29, 0.717) is 24.7 Å². The maximum Gasteiger partial charge on any atom is 0.337 e. The molecule has 0 spiro atoms. The van der Waals surface area contributed by atoms with E-state index in [4.69, 9.17) is 19.7 Å². The van der Waals surface area contributed by atoms with E-state index >= 15 is 0 Å². The Balaban J connectivity index is 0.000000364. The molecule has 2 atom stereocenters. The van der Waals surface area contributed by atoms with Crippen LogP contribution in [0.25, 0.3) is 0 Å². The summed E-state index contributed by atoms with van der Waals surface area (Å²) in [5.41, 5.74) is 4.37. The van der Waals surface area contributed by atoms with Gasteiger partial charge < -0.3 is 24.6 Å². The first-order valence-corrected chi connectivity index (χ1v) is 12.8. The molecule has 2 unspecified atom stereocenters. The average Bonchev–Trinajstić information content (AvgIpc) is 2.87. The Bertz CT molecular complexity index is 1070. The van der Waals surface area contributed by atoms with E-state index in [-0.39, 0.29) is 0 Å². The van der Waals surface area contributed by atoms with Crippen LogP contribution in [-0.4, -0.2) is 54.9 Å². The monoisotopic (exact) mass is 507 g/mol. The van der Waals surface area contributed by atoms with E-state index in [1.807, 2.05) is 13.8 Å². The number of ether oxygens (including phenoxy) is 2. The van der Waals surface area contributed by atoms with Gasteiger partial charge in [0.15, 0.2) is 6.10 Å². The zero-order valence-electron chi connectivity index (χ0n) is 22.7. The lowest BCUT2D eigenvalue weighted by Gasteiger charge is -2.21. The van der Waals surface area contributed by atoms with Crippen molar-refractivity contribution in [1.82, 2.24) is 4.90 Å². The highest BCUT2D eigenvalue weighted by Gasteiger charge is 2.15. The number of rotatable bonds is 12. The summed E-state index contributed by atoms with van der Waals surface area (Å²) in [6, 6.07) is 23.4. The standard InChI is InChI=1S/C23H33NO2.C8H8O3/c1-6-25-22-10-8-20(9-11-22)21(12-13-24(4)5)16-19-14-18(3)15-23(17-19)26-7-2;9-7(8(10)11)6-4-2-1-3-5-6/h8-11,14-15,17,21H,6-7,12-13,16H2,1-5H3;1-5,7,9H,(H,10,11). The van der Waals surface area contributed by atoms with E-state index in [9.17, 15) is 4.79 Å². The number of carbonyl (C=O) groups is 1. The average molecular weight is 508 g/mol.